The van der Waals surface area contributed by atoms with Crippen molar-refractivity contribution in [2.45, 2.75) is 147 Å². The Bertz CT molecular complexity index is 1090. The minimum Gasteiger partial charge on any atom is -0.300 e. The number of Topliss-reactive ketones (excluding diaryl/α,β-unsaturated/α-hetero) is 2. The van der Waals surface area contributed by atoms with Crippen LogP contribution in [0.2, 0.25) is 0 Å². The topological polar surface area (TPSA) is 75.7 Å². The molecule has 42 heavy (non-hydrogen) atoms. The molecule has 0 aliphatic rings. The zero-order chi connectivity index (χ0) is 32.5. The Morgan fingerprint density at radius 1 is 0.690 bits per heavy atom. The van der Waals surface area contributed by atoms with E-state index in [4.69, 9.17) is 0 Å². The lowest BCUT2D eigenvalue weighted by Crippen LogP contribution is -2.00. The molecule has 0 saturated heterocycles. The quantitative estimate of drug-likeness (QED) is 0.242. The molecular weight excluding hydrogens is 518 g/mol. The summed E-state index contributed by atoms with van der Waals surface area (Å²) in [5.41, 5.74) is 6.05. The van der Waals surface area contributed by atoms with Crippen LogP contribution >= 0.6 is 0 Å². The standard InChI is InChI=1S/C13H18O.C8H7N3O.C8H18.2C4H10/c1-9-5-6-13(8-10(9)2)11(3)7-12(4)14;1-5(12)6-2-3-7-8(4-6)10-11-9-7;1-4-6-8(3)7-5-2;2*1-3-4-2/h5-6,8,11H,7H2,1-4H3;2-4H,1H3,(H,9,10,11);8H,4-7H2,1-3H3;2*3-4H2,1-2H3. The van der Waals surface area contributed by atoms with Crippen molar-refractivity contribution in [1.29, 1.82) is 0 Å². The highest BCUT2D eigenvalue weighted by molar-refractivity contribution is 5.97. The van der Waals surface area contributed by atoms with Crippen LogP contribution in [0.15, 0.2) is 36.4 Å². The van der Waals surface area contributed by atoms with Gasteiger partial charge in [-0.2, -0.15) is 15.4 Å². The number of fused-ring (bicyclic) bond motifs is 1. The highest BCUT2D eigenvalue weighted by atomic mass is 16.1. The number of benzene rings is 2. The van der Waals surface area contributed by atoms with Gasteiger partial charge < -0.3 is 4.79 Å². The molecule has 1 atom stereocenters. The molecule has 0 fully saturated rings. The summed E-state index contributed by atoms with van der Waals surface area (Å²) in [4.78, 5) is 21.9. The number of hydrogen-bond acceptors (Lipinski definition) is 4. The first-order chi connectivity index (χ1) is 19.9. The van der Waals surface area contributed by atoms with E-state index in [1.807, 2.05) is 0 Å². The van der Waals surface area contributed by atoms with Crippen LogP contribution < -0.4 is 0 Å². The van der Waals surface area contributed by atoms with Crippen molar-refractivity contribution < 1.29 is 9.59 Å². The van der Waals surface area contributed by atoms with Gasteiger partial charge in [0.25, 0.3) is 0 Å². The second kappa shape index (κ2) is 25.9. The lowest BCUT2D eigenvalue weighted by molar-refractivity contribution is -0.117. The zero-order valence-corrected chi connectivity index (χ0v) is 29.2. The Morgan fingerprint density at radius 3 is 1.64 bits per heavy atom. The van der Waals surface area contributed by atoms with Gasteiger partial charge in [0.1, 0.15) is 16.8 Å². The highest BCUT2D eigenvalue weighted by Crippen LogP contribution is 2.21. The van der Waals surface area contributed by atoms with Gasteiger partial charge in [-0.15, -0.1) is 0 Å². The predicted octanol–water partition coefficient (Wildman–Crippen LogP) is 11.4. The van der Waals surface area contributed by atoms with Gasteiger partial charge in [0.05, 0.1) is 0 Å². The van der Waals surface area contributed by atoms with Crippen molar-refractivity contribution >= 4 is 22.6 Å². The number of rotatable bonds is 10. The minimum absolute atomic E-state index is 0.0416. The van der Waals surface area contributed by atoms with E-state index in [1.54, 1.807) is 25.1 Å². The summed E-state index contributed by atoms with van der Waals surface area (Å²) >= 11 is 0. The normalized spacial score (nSPS) is 10.6. The van der Waals surface area contributed by atoms with Crippen molar-refractivity contribution in [2.24, 2.45) is 5.92 Å². The molecule has 0 bridgehead atoms. The number of ketones is 2. The van der Waals surface area contributed by atoms with Crippen LogP contribution in [0.4, 0.5) is 0 Å². The van der Waals surface area contributed by atoms with E-state index in [0.29, 0.717) is 17.9 Å². The first-order valence-electron chi connectivity index (χ1n) is 16.3. The van der Waals surface area contributed by atoms with E-state index in [1.165, 1.54) is 75.0 Å². The molecule has 1 heterocycles. The van der Waals surface area contributed by atoms with E-state index in [0.717, 1.165) is 17.0 Å². The number of aryl methyl sites for hydroxylation is 2. The molecule has 1 aromatic heterocycles. The molecule has 1 unspecified atom stereocenters. The maximum Gasteiger partial charge on any atom is 0.159 e. The smallest absolute Gasteiger partial charge is 0.159 e. The number of aromatic nitrogens is 3. The molecule has 3 aromatic rings. The summed E-state index contributed by atoms with van der Waals surface area (Å²) in [6.07, 6.45) is 11.4. The maximum atomic E-state index is 11.0. The van der Waals surface area contributed by atoms with Crippen LogP contribution in [0.25, 0.3) is 11.0 Å². The molecule has 0 saturated carbocycles. The van der Waals surface area contributed by atoms with Gasteiger partial charge in [-0.25, -0.2) is 0 Å². The molecule has 0 aliphatic heterocycles. The zero-order valence-electron chi connectivity index (χ0n) is 29.2. The van der Waals surface area contributed by atoms with E-state index >= 15 is 0 Å². The van der Waals surface area contributed by atoms with Gasteiger partial charge in [-0.3, -0.25) is 4.79 Å². The number of nitrogens with zero attached hydrogens (tertiary/aromatic N) is 2. The summed E-state index contributed by atoms with van der Waals surface area (Å²) in [5.74, 6) is 1.60. The van der Waals surface area contributed by atoms with Gasteiger partial charge in [0, 0.05) is 12.0 Å². The number of carbonyl (C=O) groups excluding carboxylic acids is 2. The fourth-order valence-corrected chi connectivity index (χ4v) is 3.81. The van der Waals surface area contributed by atoms with Crippen LogP contribution in [0.1, 0.15) is 160 Å². The molecule has 2 aromatic carbocycles. The Hall–Kier alpha value is -2.82. The van der Waals surface area contributed by atoms with Gasteiger partial charge in [-0.05, 0) is 74.4 Å². The van der Waals surface area contributed by atoms with Gasteiger partial charge in [0.2, 0.25) is 0 Å². The summed E-state index contributed by atoms with van der Waals surface area (Å²) in [6, 6.07) is 11.7. The summed E-state index contributed by atoms with van der Waals surface area (Å²) in [5, 5.41) is 10.2. The van der Waals surface area contributed by atoms with Crippen LogP contribution in [0.5, 0.6) is 0 Å². The fraction of sp³-hybridized carbons (Fsp3) is 0.622. The third-order valence-electron chi connectivity index (χ3n) is 6.98. The van der Waals surface area contributed by atoms with E-state index < -0.39 is 0 Å². The second-order valence-electron chi connectivity index (χ2n) is 11.4. The average molecular weight is 582 g/mol. The fourth-order valence-electron chi connectivity index (χ4n) is 3.81. The molecule has 3 rings (SSSR count). The molecular formula is C37H63N3O2. The first-order valence-corrected chi connectivity index (χ1v) is 16.3. The molecule has 238 valence electrons. The van der Waals surface area contributed by atoms with Crippen LogP contribution in [0.3, 0.4) is 0 Å². The Balaban J connectivity index is 0. The third-order valence-corrected chi connectivity index (χ3v) is 6.98. The van der Waals surface area contributed by atoms with Crippen LogP contribution in [-0.4, -0.2) is 27.0 Å². The van der Waals surface area contributed by atoms with Crippen LogP contribution in [0, 0.1) is 19.8 Å². The van der Waals surface area contributed by atoms with Crippen LogP contribution in [-0.2, 0) is 4.79 Å². The molecule has 5 heteroatoms. The number of carbonyl (C=O) groups is 2. The average Bonchev–Trinajstić information content (AvgIpc) is 3.43. The van der Waals surface area contributed by atoms with Crippen molar-refractivity contribution in [3.05, 3.63) is 58.7 Å². The van der Waals surface area contributed by atoms with Crippen molar-refractivity contribution in [1.82, 2.24) is 15.4 Å². The second-order valence-corrected chi connectivity index (χ2v) is 11.4. The largest absolute Gasteiger partial charge is 0.300 e. The third kappa shape index (κ3) is 20.1. The monoisotopic (exact) mass is 581 g/mol. The van der Waals surface area contributed by atoms with Crippen molar-refractivity contribution in [2.75, 3.05) is 0 Å². The predicted molar refractivity (Wildman–Crippen MR) is 184 cm³/mol. The molecule has 0 amide bonds. The molecule has 1 N–H and O–H groups in total. The molecule has 5 nitrogen and oxygen atoms in total. The van der Waals surface area contributed by atoms with Gasteiger partial charge in [0.15, 0.2) is 5.78 Å². The summed E-state index contributed by atoms with van der Waals surface area (Å²) in [6.45, 7) is 25.1. The number of H-pyrrole nitrogens is 1. The number of nitrogens with one attached hydrogen (secondary N) is 1. The maximum absolute atomic E-state index is 11.0. The molecule has 0 spiro atoms. The lowest BCUT2D eigenvalue weighted by Gasteiger charge is -2.11. The van der Waals surface area contributed by atoms with Crippen molar-refractivity contribution in [3.63, 3.8) is 0 Å². The number of unbranched alkanes of at least 4 members (excludes halogenated alkanes) is 2. The molecule has 0 aliphatic carbocycles. The summed E-state index contributed by atoms with van der Waals surface area (Å²) in [7, 11) is 0. The lowest BCUT2D eigenvalue weighted by atomic mass is 9.93. The Labute approximate surface area is 258 Å². The van der Waals surface area contributed by atoms with Gasteiger partial charge >= 0.3 is 0 Å². The van der Waals surface area contributed by atoms with E-state index in [9.17, 15) is 9.59 Å². The number of hydrogen-bond donors (Lipinski definition) is 1. The first kappa shape index (κ1) is 41.3. The van der Waals surface area contributed by atoms with E-state index in [-0.39, 0.29) is 11.6 Å². The summed E-state index contributed by atoms with van der Waals surface area (Å²) < 4.78 is 0. The Morgan fingerprint density at radius 2 is 1.21 bits per heavy atom. The van der Waals surface area contributed by atoms with E-state index in [2.05, 4.69) is 103 Å². The minimum atomic E-state index is 0.0416. The SMILES string of the molecule is CC(=O)CC(C)c1ccc(C)c(C)c1.CC(=O)c1ccc2n[nH]nc2c1.CCCC.CCCC.CCCC(C)CCC. The van der Waals surface area contributed by atoms with Crippen molar-refractivity contribution in [3.8, 4) is 0 Å². The highest BCUT2D eigenvalue weighted by Gasteiger charge is 2.08. The van der Waals surface area contributed by atoms with Gasteiger partial charge in [-0.1, -0.05) is 125 Å². The Kier molecular flexibility index (Phi) is 25.4. The molecule has 0 radical (unpaired) electrons. The number of aromatic amines is 1.